The Hall–Kier alpha value is -2.83. The van der Waals surface area contributed by atoms with Gasteiger partial charge in [0.2, 0.25) is 0 Å². The molecule has 0 radical (unpaired) electrons. The fraction of sp³-hybridized carbons (Fsp3) is 0.188. The number of carbonyl (C=O) groups is 1. The second-order valence-corrected chi connectivity index (χ2v) is 4.49. The predicted molar refractivity (Wildman–Crippen MR) is 80.4 cm³/mol. The number of nitrogens with one attached hydrogen (secondary N) is 1. The van der Waals surface area contributed by atoms with Crippen molar-refractivity contribution in [2.45, 2.75) is 0 Å². The van der Waals surface area contributed by atoms with E-state index in [0.29, 0.717) is 11.5 Å². The topological polar surface area (TPSA) is 56.8 Å². The van der Waals surface area contributed by atoms with Crippen LogP contribution in [0.5, 0.6) is 17.2 Å². The normalized spacial score (nSPS) is 10.1. The molecule has 2 aromatic rings. The molecule has 0 unspecified atom stereocenters. The van der Waals surface area contributed by atoms with Crippen LogP contribution in [0, 0.1) is 11.6 Å². The van der Waals surface area contributed by atoms with E-state index in [0.717, 1.165) is 18.2 Å². The molecule has 1 N–H and O–H groups in total. The van der Waals surface area contributed by atoms with E-state index in [1.54, 1.807) is 0 Å². The maximum absolute atomic E-state index is 13.6. The Labute approximate surface area is 131 Å². The predicted octanol–water partition coefficient (Wildman–Crippen LogP) is 3.24. The van der Waals surface area contributed by atoms with Crippen LogP contribution in [0.2, 0.25) is 0 Å². The fourth-order valence-corrected chi connectivity index (χ4v) is 1.99. The molecule has 7 heteroatoms. The van der Waals surface area contributed by atoms with Crippen molar-refractivity contribution in [2.75, 3.05) is 26.6 Å². The number of hydrogen-bond acceptors (Lipinski definition) is 4. The van der Waals surface area contributed by atoms with Crippen molar-refractivity contribution in [3.8, 4) is 17.2 Å². The Kier molecular flexibility index (Phi) is 5.00. The summed E-state index contributed by atoms with van der Waals surface area (Å²) in [6, 6.07) is 5.64. The first-order valence-electron chi connectivity index (χ1n) is 6.56. The van der Waals surface area contributed by atoms with Gasteiger partial charge in [0.1, 0.15) is 17.4 Å². The summed E-state index contributed by atoms with van der Waals surface area (Å²) in [5.74, 6) is -1.21. The summed E-state index contributed by atoms with van der Waals surface area (Å²) in [4.78, 5) is 12.3. The molecule has 0 aromatic heterocycles. The van der Waals surface area contributed by atoms with E-state index in [9.17, 15) is 13.6 Å². The van der Waals surface area contributed by atoms with Crippen LogP contribution in [0.4, 0.5) is 14.5 Å². The third-order valence-electron chi connectivity index (χ3n) is 3.13. The summed E-state index contributed by atoms with van der Waals surface area (Å²) in [6.45, 7) is 0. The third kappa shape index (κ3) is 3.50. The molecule has 0 aliphatic carbocycles. The molecule has 0 aliphatic rings. The summed E-state index contributed by atoms with van der Waals surface area (Å²) in [5.41, 5.74) is -0.180. The van der Waals surface area contributed by atoms with E-state index in [1.165, 1.54) is 33.5 Å². The van der Waals surface area contributed by atoms with Crippen molar-refractivity contribution in [2.24, 2.45) is 0 Å². The molecule has 1 amide bonds. The van der Waals surface area contributed by atoms with E-state index >= 15 is 0 Å². The Morgan fingerprint density at radius 1 is 0.913 bits per heavy atom. The highest BCUT2D eigenvalue weighted by atomic mass is 19.1. The molecular weight excluding hydrogens is 308 g/mol. The van der Waals surface area contributed by atoms with Crippen LogP contribution >= 0.6 is 0 Å². The van der Waals surface area contributed by atoms with Gasteiger partial charge in [0.05, 0.1) is 32.6 Å². The lowest BCUT2D eigenvalue weighted by molar-refractivity contribution is 0.102. The average Bonchev–Trinajstić information content (AvgIpc) is 2.56. The molecule has 0 heterocycles. The van der Waals surface area contributed by atoms with Crippen LogP contribution in [0.1, 0.15) is 10.4 Å². The van der Waals surface area contributed by atoms with Gasteiger partial charge >= 0.3 is 0 Å². The maximum Gasteiger partial charge on any atom is 0.259 e. The summed E-state index contributed by atoms with van der Waals surface area (Å²) in [5, 5.41) is 2.30. The van der Waals surface area contributed by atoms with Crippen molar-refractivity contribution in [3.63, 3.8) is 0 Å². The second-order valence-electron chi connectivity index (χ2n) is 4.49. The molecule has 0 atom stereocenters. The first-order valence-corrected chi connectivity index (χ1v) is 6.56. The maximum atomic E-state index is 13.6. The van der Waals surface area contributed by atoms with E-state index in [4.69, 9.17) is 14.2 Å². The van der Waals surface area contributed by atoms with Crippen molar-refractivity contribution in [1.29, 1.82) is 0 Å². The number of carbonyl (C=O) groups excluding carboxylic acids is 1. The summed E-state index contributed by atoms with van der Waals surface area (Å²) < 4.78 is 42.2. The number of ether oxygens (including phenoxy) is 3. The van der Waals surface area contributed by atoms with Crippen LogP contribution in [0.3, 0.4) is 0 Å². The van der Waals surface area contributed by atoms with Gasteiger partial charge in [0.15, 0.2) is 11.5 Å². The standard InChI is InChI=1S/C16H15F2NO4/c1-21-13-8-15(23-3)14(22-2)7-10(13)16(20)19-12-6-9(17)4-5-11(12)18/h4-8H,1-3H3,(H,19,20). The van der Waals surface area contributed by atoms with Crippen molar-refractivity contribution in [3.05, 3.63) is 47.5 Å². The molecule has 23 heavy (non-hydrogen) atoms. The zero-order valence-corrected chi connectivity index (χ0v) is 12.8. The van der Waals surface area contributed by atoms with Crippen molar-refractivity contribution in [1.82, 2.24) is 0 Å². The first kappa shape index (κ1) is 16.5. The minimum Gasteiger partial charge on any atom is -0.496 e. The quantitative estimate of drug-likeness (QED) is 0.918. The van der Waals surface area contributed by atoms with Crippen LogP contribution in [0.15, 0.2) is 30.3 Å². The zero-order valence-electron chi connectivity index (χ0n) is 12.8. The highest BCUT2D eigenvalue weighted by Crippen LogP contribution is 2.35. The second kappa shape index (κ2) is 6.95. The highest BCUT2D eigenvalue weighted by Gasteiger charge is 2.19. The zero-order chi connectivity index (χ0) is 17.0. The van der Waals surface area contributed by atoms with E-state index < -0.39 is 17.5 Å². The minimum atomic E-state index is -0.751. The largest absolute Gasteiger partial charge is 0.496 e. The molecular formula is C16H15F2NO4. The Morgan fingerprint density at radius 3 is 2.13 bits per heavy atom. The van der Waals surface area contributed by atoms with E-state index in [2.05, 4.69) is 5.32 Å². The van der Waals surface area contributed by atoms with Crippen LogP contribution in [0.25, 0.3) is 0 Å². The van der Waals surface area contributed by atoms with Gasteiger partial charge in [-0.25, -0.2) is 8.78 Å². The minimum absolute atomic E-state index is 0.0915. The van der Waals surface area contributed by atoms with Crippen LogP contribution < -0.4 is 19.5 Å². The number of halogens is 2. The van der Waals surface area contributed by atoms with Gasteiger partial charge in [-0.05, 0) is 12.1 Å². The lowest BCUT2D eigenvalue weighted by Crippen LogP contribution is -2.15. The average molecular weight is 323 g/mol. The molecule has 2 aromatic carbocycles. The molecule has 5 nitrogen and oxygen atoms in total. The molecule has 0 fully saturated rings. The van der Waals surface area contributed by atoms with E-state index in [-0.39, 0.29) is 17.0 Å². The van der Waals surface area contributed by atoms with Gasteiger partial charge < -0.3 is 19.5 Å². The summed E-state index contributed by atoms with van der Waals surface area (Å²) >= 11 is 0. The third-order valence-corrected chi connectivity index (χ3v) is 3.13. The molecule has 122 valence electrons. The molecule has 0 bridgehead atoms. The van der Waals surface area contributed by atoms with Crippen molar-refractivity contribution >= 4 is 11.6 Å². The molecule has 0 saturated heterocycles. The summed E-state index contributed by atoms with van der Waals surface area (Å²) in [6.07, 6.45) is 0. The smallest absolute Gasteiger partial charge is 0.259 e. The van der Waals surface area contributed by atoms with Gasteiger partial charge in [-0.15, -0.1) is 0 Å². The number of benzene rings is 2. The number of amides is 1. The van der Waals surface area contributed by atoms with Gasteiger partial charge in [-0.3, -0.25) is 4.79 Å². The van der Waals surface area contributed by atoms with Gasteiger partial charge in [-0.2, -0.15) is 0 Å². The van der Waals surface area contributed by atoms with E-state index in [1.807, 2.05) is 0 Å². The highest BCUT2D eigenvalue weighted by molar-refractivity contribution is 6.06. The lowest BCUT2D eigenvalue weighted by Gasteiger charge is -2.14. The van der Waals surface area contributed by atoms with Gasteiger partial charge in [-0.1, -0.05) is 0 Å². The van der Waals surface area contributed by atoms with Crippen LogP contribution in [-0.4, -0.2) is 27.2 Å². The number of anilines is 1. The van der Waals surface area contributed by atoms with Gasteiger partial charge in [0.25, 0.3) is 5.91 Å². The number of rotatable bonds is 5. The molecule has 0 spiro atoms. The fourth-order valence-electron chi connectivity index (χ4n) is 1.99. The first-order chi connectivity index (χ1) is 11.0. The molecule has 2 rings (SSSR count). The van der Waals surface area contributed by atoms with Gasteiger partial charge in [0, 0.05) is 18.2 Å². The van der Waals surface area contributed by atoms with Crippen LogP contribution in [-0.2, 0) is 0 Å². The number of methoxy groups -OCH3 is 3. The lowest BCUT2D eigenvalue weighted by atomic mass is 10.1. The Morgan fingerprint density at radius 2 is 1.52 bits per heavy atom. The SMILES string of the molecule is COc1cc(OC)c(C(=O)Nc2cc(F)ccc2F)cc1OC. The summed E-state index contributed by atoms with van der Waals surface area (Å²) in [7, 11) is 4.23. The number of hydrogen-bond donors (Lipinski definition) is 1. The molecule has 0 saturated carbocycles. The van der Waals surface area contributed by atoms with Crippen molar-refractivity contribution < 1.29 is 27.8 Å². The monoisotopic (exact) mass is 323 g/mol. The Balaban J connectivity index is 2.40. The molecule has 0 aliphatic heterocycles. The Bertz CT molecular complexity index is 734.